The van der Waals surface area contributed by atoms with Crippen LogP contribution in [0.4, 0.5) is 4.79 Å². The molecule has 1 aliphatic rings. The summed E-state index contributed by atoms with van der Waals surface area (Å²) in [4.78, 5) is 18.3. The number of likely N-dealkylation sites (tertiary alicyclic amines) is 1. The molecule has 0 saturated carbocycles. The van der Waals surface area contributed by atoms with Crippen molar-refractivity contribution in [2.75, 3.05) is 33.4 Å². The van der Waals surface area contributed by atoms with E-state index in [1.54, 1.807) is 12.0 Å². The SMILES string of the molecule is COCCONC(=O)N1CCCC(C)C1. The van der Waals surface area contributed by atoms with Crippen molar-refractivity contribution >= 4 is 6.03 Å². The van der Waals surface area contributed by atoms with Gasteiger partial charge in [-0.2, -0.15) is 0 Å². The molecule has 0 aromatic carbocycles. The van der Waals surface area contributed by atoms with E-state index < -0.39 is 0 Å². The number of rotatable bonds is 4. The Bertz CT molecular complexity index is 199. The van der Waals surface area contributed by atoms with Crippen LogP contribution in [-0.4, -0.2) is 44.3 Å². The van der Waals surface area contributed by atoms with Crippen LogP contribution in [-0.2, 0) is 9.57 Å². The molecule has 1 rings (SSSR count). The number of carbonyl (C=O) groups excluding carboxylic acids is 1. The van der Waals surface area contributed by atoms with E-state index in [1.165, 1.54) is 6.42 Å². The Balaban J connectivity index is 2.15. The topological polar surface area (TPSA) is 50.8 Å². The Kier molecular flexibility index (Phi) is 5.42. The summed E-state index contributed by atoms with van der Waals surface area (Å²) in [7, 11) is 1.59. The molecule has 5 nitrogen and oxygen atoms in total. The molecular formula is C10H20N2O3. The number of hydrogen-bond acceptors (Lipinski definition) is 3. The van der Waals surface area contributed by atoms with E-state index in [4.69, 9.17) is 9.57 Å². The van der Waals surface area contributed by atoms with Gasteiger partial charge in [0.2, 0.25) is 0 Å². The Morgan fingerprint density at radius 3 is 3.00 bits per heavy atom. The second-order valence-corrected chi connectivity index (χ2v) is 3.94. The van der Waals surface area contributed by atoms with E-state index in [0.29, 0.717) is 19.1 Å². The maximum Gasteiger partial charge on any atom is 0.341 e. The zero-order valence-corrected chi connectivity index (χ0v) is 9.49. The molecule has 15 heavy (non-hydrogen) atoms. The number of urea groups is 1. The van der Waals surface area contributed by atoms with Gasteiger partial charge in [-0.1, -0.05) is 6.92 Å². The Morgan fingerprint density at radius 2 is 2.33 bits per heavy atom. The summed E-state index contributed by atoms with van der Waals surface area (Å²) in [6, 6.07) is -0.141. The quantitative estimate of drug-likeness (QED) is 0.563. The lowest BCUT2D eigenvalue weighted by molar-refractivity contribution is 0.0133. The lowest BCUT2D eigenvalue weighted by Gasteiger charge is -2.30. The van der Waals surface area contributed by atoms with E-state index in [2.05, 4.69) is 12.4 Å². The van der Waals surface area contributed by atoms with Crippen LogP contribution in [0.15, 0.2) is 0 Å². The molecule has 0 aliphatic carbocycles. The van der Waals surface area contributed by atoms with E-state index in [9.17, 15) is 4.79 Å². The summed E-state index contributed by atoms with van der Waals surface area (Å²) in [5, 5.41) is 0. The second-order valence-electron chi connectivity index (χ2n) is 3.94. The van der Waals surface area contributed by atoms with Crippen LogP contribution in [0.5, 0.6) is 0 Å². The minimum absolute atomic E-state index is 0.141. The van der Waals surface area contributed by atoms with Gasteiger partial charge in [0.25, 0.3) is 0 Å². The van der Waals surface area contributed by atoms with Crippen molar-refractivity contribution in [3.63, 3.8) is 0 Å². The normalized spacial score (nSPS) is 21.5. The van der Waals surface area contributed by atoms with Crippen molar-refractivity contribution in [3.8, 4) is 0 Å². The fourth-order valence-corrected chi connectivity index (χ4v) is 1.68. The maximum absolute atomic E-state index is 11.6. The summed E-state index contributed by atoms with van der Waals surface area (Å²) in [5.41, 5.74) is 2.41. The van der Waals surface area contributed by atoms with Crippen molar-refractivity contribution < 1.29 is 14.4 Å². The van der Waals surface area contributed by atoms with Crippen LogP contribution >= 0.6 is 0 Å². The standard InChI is InChI=1S/C10H20N2O3/c1-9-4-3-5-12(8-9)10(13)11-15-7-6-14-2/h9H,3-8H2,1-2H3,(H,11,13). The first-order valence-electron chi connectivity index (χ1n) is 5.39. The highest BCUT2D eigenvalue weighted by molar-refractivity contribution is 5.73. The van der Waals surface area contributed by atoms with Gasteiger partial charge < -0.3 is 9.64 Å². The van der Waals surface area contributed by atoms with Crippen molar-refractivity contribution in [1.29, 1.82) is 0 Å². The van der Waals surface area contributed by atoms with E-state index in [1.807, 2.05) is 0 Å². The molecule has 1 fully saturated rings. The molecule has 5 heteroatoms. The third-order valence-corrected chi connectivity index (χ3v) is 2.49. The molecule has 0 bridgehead atoms. The van der Waals surface area contributed by atoms with Crippen molar-refractivity contribution in [2.24, 2.45) is 5.92 Å². The van der Waals surface area contributed by atoms with Gasteiger partial charge in [0, 0.05) is 20.2 Å². The Hall–Kier alpha value is -0.810. The van der Waals surface area contributed by atoms with Crippen molar-refractivity contribution in [2.45, 2.75) is 19.8 Å². The van der Waals surface area contributed by atoms with Gasteiger partial charge in [-0.05, 0) is 18.8 Å². The molecule has 1 N–H and O–H groups in total. The number of carbonyl (C=O) groups is 1. The van der Waals surface area contributed by atoms with E-state index in [0.717, 1.165) is 19.5 Å². The minimum Gasteiger partial charge on any atom is -0.382 e. The fraction of sp³-hybridized carbons (Fsp3) is 0.900. The van der Waals surface area contributed by atoms with Crippen LogP contribution in [0.2, 0.25) is 0 Å². The van der Waals surface area contributed by atoms with E-state index in [-0.39, 0.29) is 6.03 Å². The lowest BCUT2D eigenvalue weighted by atomic mass is 10.0. The van der Waals surface area contributed by atoms with E-state index >= 15 is 0 Å². The van der Waals surface area contributed by atoms with Crippen molar-refractivity contribution in [1.82, 2.24) is 10.4 Å². The van der Waals surface area contributed by atoms with Crippen LogP contribution in [0, 0.1) is 5.92 Å². The molecule has 1 heterocycles. The van der Waals surface area contributed by atoms with Gasteiger partial charge in [0.05, 0.1) is 13.2 Å². The first-order chi connectivity index (χ1) is 7.24. The summed E-state index contributed by atoms with van der Waals surface area (Å²) in [6.07, 6.45) is 2.28. The van der Waals surface area contributed by atoms with Gasteiger partial charge in [-0.25, -0.2) is 10.3 Å². The Morgan fingerprint density at radius 1 is 1.53 bits per heavy atom. The fourth-order valence-electron chi connectivity index (χ4n) is 1.68. The van der Waals surface area contributed by atoms with Crippen LogP contribution < -0.4 is 5.48 Å². The molecule has 1 unspecified atom stereocenters. The zero-order valence-electron chi connectivity index (χ0n) is 9.49. The predicted molar refractivity (Wildman–Crippen MR) is 56.3 cm³/mol. The number of methoxy groups -OCH3 is 1. The highest BCUT2D eigenvalue weighted by atomic mass is 16.7. The number of nitrogens with one attached hydrogen (secondary N) is 1. The molecule has 1 atom stereocenters. The monoisotopic (exact) mass is 216 g/mol. The van der Waals surface area contributed by atoms with Crippen LogP contribution in [0.1, 0.15) is 19.8 Å². The Labute approximate surface area is 90.7 Å². The highest BCUT2D eigenvalue weighted by Gasteiger charge is 2.20. The summed E-state index contributed by atoms with van der Waals surface area (Å²) >= 11 is 0. The number of hydroxylamine groups is 1. The zero-order chi connectivity index (χ0) is 11.1. The van der Waals surface area contributed by atoms with Crippen molar-refractivity contribution in [3.05, 3.63) is 0 Å². The number of hydrogen-bond donors (Lipinski definition) is 1. The van der Waals surface area contributed by atoms with Gasteiger partial charge in [-0.15, -0.1) is 0 Å². The maximum atomic E-state index is 11.6. The molecule has 88 valence electrons. The molecule has 0 aromatic heterocycles. The highest BCUT2D eigenvalue weighted by Crippen LogP contribution is 2.14. The number of ether oxygens (including phenoxy) is 1. The van der Waals surface area contributed by atoms with Gasteiger partial charge >= 0.3 is 6.03 Å². The summed E-state index contributed by atoms with van der Waals surface area (Å²) in [5.74, 6) is 0.587. The predicted octanol–water partition coefficient (Wildman–Crippen LogP) is 1.01. The van der Waals surface area contributed by atoms with Crippen LogP contribution in [0.3, 0.4) is 0 Å². The molecule has 1 aliphatic heterocycles. The number of amides is 2. The smallest absolute Gasteiger partial charge is 0.341 e. The minimum atomic E-state index is -0.141. The third kappa shape index (κ3) is 4.48. The third-order valence-electron chi connectivity index (χ3n) is 2.49. The lowest BCUT2D eigenvalue weighted by Crippen LogP contribution is -2.45. The molecule has 2 amide bonds. The van der Waals surface area contributed by atoms with Gasteiger partial charge in [-0.3, -0.25) is 4.84 Å². The molecule has 1 saturated heterocycles. The molecule has 0 radical (unpaired) electrons. The number of nitrogens with zero attached hydrogens (tertiary/aromatic N) is 1. The largest absolute Gasteiger partial charge is 0.382 e. The molecular weight excluding hydrogens is 196 g/mol. The average molecular weight is 216 g/mol. The summed E-state index contributed by atoms with van der Waals surface area (Å²) < 4.78 is 4.80. The first kappa shape index (κ1) is 12.3. The molecule has 0 aromatic rings. The molecule has 0 spiro atoms. The summed E-state index contributed by atoms with van der Waals surface area (Å²) in [6.45, 7) is 4.66. The van der Waals surface area contributed by atoms with Gasteiger partial charge in [0.15, 0.2) is 0 Å². The number of piperidine rings is 1. The average Bonchev–Trinajstić information content (AvgIpc) is 2.24. The second kappa shape index (κ2) is 6.63. The first-order valence-corrected chi connectivity index (χ1v) is 5.39. The van der Waals surface area contributed by atoms with Gasteiger partial charge in [0.1, 0.15) is 0 Å². The van der Waals surface area contributed by atoms with Crippen LogP contribution in [0.25, 0.3) is 0 Å².